The average molecular weight is 467 g/mol. The second-order valence-corrected chi connectivity index (χ2v) is 8.11. The summed E-state index contributed by atoms with van der Waals surface area (Å²) in [7, 11) is 0. The predicted molar refractivity (Wildman–Crippen MR) is 120 cm³/mol. The third kappa shape index (κ3) is 4.03. The zero-order chi connectivity index (χ0) is 24.8. The van der Waals surface area contributed by atoms with Crippen molar-refractivity contribution in [2.45, 2.75) is 26.1 Å². The summed E-state index contributed by atoms with van der Waals surface area (Å²) in [5.41, 5.74) is 0.893. The first-order chi connectivity index (χ1) is 16.0. The number of amides is 1. The van der Waals surface area contributed by atoms with Gasteiger partial charge in [0, 0.05) is 11.3 Å². The lowest BCUT2D eigenvalue weighted by Gasteiger charge is -2.26. The minimum absolute atomic E-state index is 0.163. The van der Waals surface area contributed by atoms with Gasteiger partial charge in [-0.05, 0) is 66.9 Å². The van der Waals surface area contributed by atoms with Crippen LogP contribution in [0.5, 0.6) is 5.75 Å². The van der Waals surface area contributed by atoms with Crippen LogP contribution in [0.4, 0.5) is 18.9 Å². The quantitative estimate of drug-likeness (QED) is 0.296. The number of rotatable bonds is 3. The van der Waals surface area contributed by atoms with Crippen LogP contribution in [-0.2, 0) is 15.8 Å². The van der Waals surface area contributed by atoms with Crippen molar-refractivity contribution in [2.24, 2.45) is 0 Å². The molecule has 0 aromatic heterocycles. The molecular formula is C26H20F3NO4. The molecule has 0 spiro atoms. The minimum atomic E-state index is -4.66. The van der Waals surface area contributed by atoms with Crippen LogP contribution in [-0.4, -0.2) is 21.9 Å². The normalized spacial score (nSPS) is 17.9. The van der Waals surface area contributed by atoms with Crippen molar-refractivity contribution in [1.82, 2.24) is 0 Å². The van der Waals surface area contributed by atoms with E-state index in [0.29, 0.717) is 0 Å². The number of hydrogen-bond donors (Lipinski definition) is 2. The van der Waals surface area contributed by atoms with Gasteiger partial charge in [0.1, 0.15) is 11.5 Å². The summed E-state index contributed by atoms with van der Waals surface area (Å²) in [6.45, 7) is 3.69. The number of carbonyl (C=O) groups is 2. The van der Waals surface area contributed by atoms with E-state index in [1.165, 1.54) is 30.3 Å². The molecular weight excluding hydrogens is 447 g/mol. The Labute approximate surface area is 193 Å². The van der Waals surface area contributed by atoms with Gasteiger partial charge in [0.25, 0.3) is 11.7 Å². The molecule has 1 fully saturated rings. The van der Waals surface area contributed by atoms with E-state index in [4.69, 9.17) is 0 Å². The fourth-order valence-electron chi connectivity index (χ4n) is 3.99. The Bertz CT molecular complexity index is 1340. The Morgan fingerprint density at radius 3 is 2.26 bits per heavy atom. The van der Waals surface area contributed by atoms with Crippen LogP contribution in [0, 0.1) is 13.8 Å². The van der Waals surface area contributed by atoms with Crippen LogP contribution in [0.2, 0.25) is 0 Å². The van der Waals surface area contributed by atoms with Crippen LogP contribution in [0.25, 0.3) is 5.76 Å². The van der Waals surface area contributed by atoms with E-state index >= 15 is 0 Å². The Morgan fingerprint density at radius 2 is 1.62 bits per heavy atom. The third-order valence-electron chi connectivity index (χ3n) is 5.86. The smallest absolute Gasteiger partial charge is 0.416 e. The Balaban J connectivity index is 1.97. The summed E-state index contributed by atoms with van der Waals surface area (Å²) in [6, 6.07) is 13.5. The number of benzene rings is 3. The van der Waals surface area contributed by atoms with Gasteiger partial charge < -0.3 is 10.2 Å². The van der Waals surface area contributed by atoms with Gasteiger partial charge in [-0.1, -0.05) is 30.3 Å². The highest BCUT2D eigenvalue weighted by molar-refractivity contribution is 6.51. The zero-order valence-corrected chi connectivity index (χ0v) is 18.2. The molecule has 34 heavy (non-hydrogen) atoms. The number of nitrogens with zero attached hydrogens (tertiary/aromatic N) is 1. The lowest BCUT2D eigenvalue weighted by molar-refractivity contribution is -0.137. The SMILES string of the molecule is Cc1ccc(/C(O)=C2\C(=O)C(=O)N(c3cccc(C(F)(F)F)c3)C2c2cccc(O)c2)cc1C. The number of anilines is 1. The summed E-state index contributed by atoms with van der Waals surface area (Å²) < 4.78 is 40.0. The standard InChI is InChI=1S/C26H20F3NO4/c1-14-9-10-17(11-15(14)2)23(32)21-22(16-5-3-8-20(31)12-16)30(25(34)24(21)33)19-7-4-6-18(13-19)26(27,28)29/h3-13,22,31-32H,1-2H3/b23-21+. The van der Waals surface area contributed by atoms with Crippen molar-refractivity contribution in [2.75, 3.05) is 4.90 Å². The van der Waals surface area contributed by atoms with Gasteiger partial charge in [-0.15, -0.1) is 0 Å². The van der Waals surface area contributed by atoms with Gasteiger partial charge in [-0.2, -0.15) is 13.2 Å². The minimum Gasteiger partial charge on any atom is -0.508 e. The molecule has 3 aromatic rings. The van der Waals surface area contributed by atoms with Crippen molar-refractivity contribution in [3.8, 4) is 5.75 Å². The van der Waals surface area contributed by atoms with Crippen molar-refractivity contribution >= 4 is 23.1 Å². The monoisotopic (exact) mass is 467 g/mol. The summed E-state index contributed by atoms with van der Waals surface area (Å²) in [6.07, 6.45) is -4.66. The maximum atomic E-state index is 13.3. The lowest BCUT2D eigenvalue weighted by Crippen LogP contribution is -2.29. The number of aliphatic hydroxyl groups is 1. The zero-order valence-electron chi connectivity index (χ0n) is 18.2. The number of hydrogen-bond acceptors (Lipinski definition) is 4. The number of phenols is 1. The van der Waals surface area contributed by atoms with Crippen molar-refractivity contribution in [1.29, 1.82) is 0 Å². The van der Waals surface area contributed by atoms with Crippen LogP contribution >= 0.6 is 0 Å². The molecule has 8 heteroatoms. The molecule has 1 atom stereocenters. The Kier molecular flexibility index (Phi) is 5.69. The van der Waals surface area contributed by atoms with Crippen LogP contribution in [0.3, 0.4) is 0 Å². The maximum Gasteiger partial charge on any atom is 0.416 e. The lowest BCUT2D eigenvalue weighted by atomic mass is 9.94. The fraction of sp³-hybridized carbons (Fsp3) is 0.154. The third-order valence-corrected chi connectivity index (χ3v) is 5.86. The molecule has 5 nitrogen and oxygen atoms in total. The van der Waals surface area contributed by atoms with E-state index in [2.05, 4.69) is 0 Å². The highest BCUT2D eigenvalue weighted by Crippen LogP contribution is 2.44. The van der Waals surface area contributed by atoms with Gasteiger partial charge in [-0.25, -0.2) is 0 Å². The highest BCUT2D eigenvalue weighted by Gasteiger charge is 2.47. The van der Waals surface area contributed by atoms with Gasteiger partial charge in [0.2, 0.25) is 0 Å². The van der Waals surface area contributed by atoms with E-state index in [-0.39, 0.29) is 28.1 Å². The summed E-state index contributed by atoms with van der Waals surface area (Å²) in [5.74, 6) is -2.75. The summed E-state index contributed by atoms with van der Waals surface area (Å²) in [4.78, 5) is 27.1. The number of aliphatic hydroxyl groups excluding tert-OH is 1. The number of halogens is 3. The molecule has 1 heterocycles. The first-order valence-electron chi connectivity index (χ1n) is 10.3. The van der Waals surface area contributed by atoms with E-state index in [0.717, 1.165) is 34.2 Å². The van der Waals surface area contributed by atoms with Gasteiger partial charge in [0.05, 0.1) is 17.2 Å². The first kappa shape index (κ1) is 23.1. The number of aromatic hydroxyl groups is 1. The molecule has 0 bridgehead atoms. The molecule has 1 aliphatic heterocycles. The van der Waals surface area contributed by atoms with Gasteiger partial charge in [0.15, 0.2) is 0 Å². The summed E-state index contributed by atoms with van der Waals surface area (Å²) >= 11 is 0. The average Bonchev–Trinajstić information content (AvgIpc) is 3.05. The number of aryl methyl sites for hydroxylation is 2. The van der Waals surface area contributed by atoms with Crippen molar-refractivity contribution in [3.05, 3.63) is 100 Å². The van der Waals surface area contributed by atoms with Crippen LogP contribution in [0.1, 0.15) is 33.9 Å². The van der Waals surface area contributed by atoms with Gasteiger partial charge >= 0.3 is 6.18 Å². The molecule has 1 unspecified atom stereocenters. The highest BCUT2D eigenvalue weighted by atomic mass is 19.4. The van der Waals surface area contributed by atoms with Gasteiger partial charge in [-0.3, -0.25) is 14.5 Å². The second kappa shape index (κ2) is 8.37. The number of carbonyl (C=O) groups excluding carboxylic acids is 2. The van der Waals surface area contributed by atoms with Crippen molar-refractivity contribution in [3.63, 3.8) is 0 Å². The molecule has 174 valence electrons. The fourth-order valence-corrected chi connectivity index (χ4v) is 3.99. The molecule has 0 aliphatic carbocycles. The number of phenolic OH excluding ortho intramolecular Hbond substituents is 1. The topological polar surface area (TPSA) is 77.8 Å². The van der Waals surface area contributed by atoms with Crippen LogP contribution < -0.4 is 4.90 Å². The Morgan fingerprint density at radius 1 is 0.912 bits per heavy atom. The largest absolute Gasteiger partial charge is 0.508 e. The molecule has 1 aliphatic rings. The molecule has 0 saturated carbocycles. The molecule has 1 saturated heterocycles. The van der Waals surface area contributed by atoms with E-state index in [1.54, 1.807) is 18.2 Å². The predicted octanol–water partition coefficient (Wildman–Crippen LogP) is 5.65. The molecule has 1 amide bonds. The number of Topliss-reactive ketones (excluding diaryl/α,β-unsaturated/α-hetero) is 1. The van der Waals surface area contributed by atoms with Crippen molar-refractivity contribution < 1.29 is 33.0 Å². The summed E-state index contributed by atoms with van der Waals surface area (Å²) in [5, 5.41) is 21.1. The van der Waals surface area contributed by atoms with E-state index in [1.807, 2.05) is 13.8 Å². The molecule has 2 N–H and O–H groups in total. The van der Waals surface area contributed by atoms with E-state index in [9.17, 15) is 33.0 Å². The van der Waals surface area contributed by atoms with E-state index < -0.39 is 35.2 Å². The molecule has 0 radical (unpaired) electrons. The molecule has 3 aromatic carbocycles. The first-order valence-corrected chi connectivity index (χ1v) is 10.3. The molecule has 4 rings (SSSR count). The Hall–Kier alpha value is -4.07. The second-order valence-electron chi connectivity index (χ2n) is 8.11. The number of alkyl halides is 3. The number of ketones is 1. The van der Waals surface area contributed by atoms with Crippen LogP contribution in [0.15, 0.2) is 72.3 Å². The maximum absolute atomic E-state index is 13.3.